The highest BCUT2D eigenvalue weighted by atomic mass is 32.1. The summed E-state index contributed by atoms with van der Waals surface area (Å²) in [4.78, 5) is 44.6. The second kappa shape index (κ2) is 10.0. The van der Waals surface area contributed by atoms with E-state index in [0.717, 1.165) is 0 Å². The van der Waals surface area contributed by atoms with Gasteiger partial charge in [0.1, 0.15) is 18.6 Å². The van der Waals surface area contributed by atoms with E-state index < -0.39 is 47.6 Å². The fourth-order valence-corrected chi connectivity index (χ4v) is 1.71. The Kier molecular flexibility index (Phi) is 9.18. The number of thiol groups is 1. The smallest absolute Gasteiger partial charge is 0.322 e. The summed E-state index contributed by atoms with van der Waals surface area (Å²) in [7, 11) is 0. The molecule has 0 saturated carbocycles. The van der Waals surface area contributed by atoms with Crippen LogP contribution in [0.4, 0.5) is 0 Å². The molecule has 3 unspecified atom stereocenters. The van der Waals surface area contributed by atoms with Crippen LogP contribution in [0.1, 0.15) is 26.2 Å². The van der Waals surface area contributed by atoms with Gasteiger partial charge in [-0.25, -0.2) is 0 Å². The minimum Gasteiger partial charge on any atom is -0.480 e. The Morgan fingerprint density at radius 2 is 1.82 bits per heavy atom. The number of aliphatic carboxylic acids is 2. The average molecular weight is 335 g/mol. The summed E-state index contributed by atoms with van der Waals surface area (Å²) in [6.07, 6.45) is 0.220. The summed E-state index contributed by atoms with van der Waals surface area (Å²) in [5.74, 6) is -3.65. The van der Waals surface area contributed by atoms with Crippen LogP contribution >= 0.6 is 12.6 Å². The highest BCUT2D eigenvalue weighted by molar-refractivity contribution is 7.81. The van der Waals surface area contributed by atoms with Crippen LogP contribution in [0.2, 0.25) is 0 Å². The van der Waals surface area contributed by atoms with Crippen molar-refractivity contribution < 1.29 is 29.4 Å². The van der Waals surface area contributed by atoms with E-state index in [4.69, 9.17) is 15.9 Å². The van der Waals surface area contributed by atoms with Crippen molar-refractivity contribution in [2.75, 3.05) is 6.54 Å². The summed E-state index contributed by atoms with van der Waals surface area (Å²) < 4.78 is 0. The van der Waals surface area contributed by atoms with E-state index >= 15 is 0 Å². The van der Waals surface area contributed by atoms with E-state index in [2.05, 4.69) is 23.3 Å². The molecule has 0 rings (SSSR count). The van der Waals surface area contributed by atoms with Crippen LogP contribution in [0.15, 0.2) is 0 Å². The van der Waals surface area contributed by atoms with Gasteiger partial charge in [-0.3, -0.25) is 19.2 Å². The monoisotopic (exact) mass is 335 g/mol. The Balaban J connectivity index is 4.58. The average Bonchev–Trinajstić information content (AvgIpc) is 2.46. The third-order valence-electron chi connectivity index (χ3n) is 2.82. The van der Waals surface area contributed by atoms with Crippen molar-refractivity contribution >= 4 is 36.4 Å². The van der Waals surface area contributed by atoms with Crippen molar-refractivity contribution in [1.82, 2.24) is 10.6 Å². The summed E-state index contributed by atoms with van der Waals surface area (Å²) in [6.45, 7) is 1.18. The molecule has 0 saturated heterocycles. The van der Waals surface area contributed by atoms with E-state index in [1.807, 2.05) is 0 Å². The van der Waals surface area contributed by atoms with E-state index in [1.54, 1.807) is 6.92 Å². The van der Waals surface area contributed by atoms with E-state index in [-0.39, 0.29) is 12.8 Å². The van der Waals surface area contributed by atoms with Gasteiger partial charge in [0, 0.05) is 11.7 Å². The van der Waals surface area contributed by atoms with E-state index in [9.17, 15) is 19.2 Å². The maximum absolute atomic E-state index is 11.9. The molecule has 0 aromatic rings. The predicted molar refractivity (Wildman–Crippen MR) is 80.5 cm³/mol. The van der Waals surface area contributed by atoms with Gasteiger partial charge in [0.05, 0.1) is 0 Å². The Hall–Kier alpha value is -1.81. The number of hydrogen-bond acceptors (Lipinski definition) is 6. The van der Waals surface area contributed by atoms with Crippen molar-refractivity contribution in [2.45, 2.75) is 43.5 Å². The lowest BCUT2D eigenvalue weighted by molar-refractivity contribution is -0.139. The molecule has 0 bridgehead atoms. The molecule has 6 N–H and O–H groups in total. The third-order valence-corrected chi connectivity index (χ3v) is 3.48. The molecule has 0 aromatic carbocycles. The molecule has 0 aromatic heterocycles. The topological polar surface area (TPSA) is 159 Å². The highest BCUT2D eigenvalue weighted by Crippen LogP contribution is 2.08. The van der Waals surface area contributed by atoms with Crippen molar-refractivity contribution in [2.24, 2.45) is 5.73 Å². The van der Waals surface area contributed by atoms with Gasteiger partial charge in [0.2, 0.25) is 11.8 Å². The summed E-state index contributed by atoms with van der Waals surface area (Å²) in [6, 6.07) is -2.18. The molecule has 0 fully saturated rings. The molecule has 0 radical (unpaired) electrons. The number of amides is 2. The summed E-state index contributed by atoms with van der Waals surface area (Å²) >= 11 is 4.18. The lowest BCUT2D eigenvalue weighted by atomic mass is 10.1. The number of hydrogen-bond donors (Lipinski definition) is 6. The molecular formula is C12H21N3O6S. The summed E-state index contributed by atoms with van der Waals surface area (Å²) in [5, 5.41) is 21.2. The molecule has 126 valence electrons. The molecule has 0 aliphatic rings. The quantitative estimate of drug-likeness (QED) is 0.267. The first-order valence-electron chi connectivity index (χ1n) is 6.64. The van der Waals surface area contributed by atoms with Crippen LogP contribution < -0.4 is 16.4 Å². The highest BCUT2D eigenvalue weighted by Gasteiger charge is 2.27. The fraction of sp³-hybridized carbons (Fsp3) is 0.667. The third kappa shape index (κ3) is 7.84. The van der Waals surface area contributed by atoms with Gasteiger partial charge in [-0.15, -0.1) is 0 Å². The van der Waals surface area contributed by atoms with Crippen molar-refractivity contribution in [3.05, 3.63) is 0 Å². The number of nitrogens with two attached hydrogens (primary N) is 1. The van der Waals surface area contributed by atoms with Crippen LogP contribution in [0.25, 0.3) is 0 Å². The molecule has 10 heteroatoms. The van der Waals surface area contributed by atoms with E-state index in [0.29, 0.717) is 6.42 Å². The first-order valence-corrected chi connectivity index (χ1v) is 7.16. The lowest BCUT2D eigenvalue weighted by Crippen LogP contribution is -2.52. The first kappa shape index (κ1) is 20.2. The van der Waals surface area contributed by atoms with Gasteiger partial charge in [-0.05, 0) is 12.8 Å². The Bertz CT molecular complexity index is 431. The second-order valence-electron chi connectivity index (χ2n) is 4.62. The molecule has 22 heavy (non-hydrogen) atoms. The van der Waals surface area contributed by atoms with Gasteiger partial charge in [0.25, 0.3) is 0 Å². The molecule has 0 aliphatic heterocycles. The minimum absolute atomic E-state index is 0.0754. The zero-order chi connectivity index (χ0) is 17.3. The van der Waals surface area contributed by atoms with Gasteiger partial charge < -0.3 is 26.6 Å². The molecule has 9 nitrogen and oxygen atoms in total. The second-order valence-corrected chi connectivity index (χ2v) is 5.28. The molecule has 2 amide bonds. The van der Waals surface area contributed by atoms with Gasteiger partial charge in [-0.1, -0.05) is 6.92 Å². The fourth-order valence-electron chi connectivity index (χ4n) is 1.50. The van der Waals surface area contributed by atoms with Crippen LogP contribution in [0, 0.1) is 0 Å². The van der Waals surface area contributed by atoms with Crippen molar-refractivity contribution in [3.63, 3.8) is 0 Å². The minimum atomic E-state index is -1.22. The SMILES string of the molecule is CCC(S)C(NC(=O)CCC(N)C(=O)O)C(=O)NCC(=O)O. The molecule has 0 spiro atoms. The molecule has 0 heterocycles. The number of carboxylic acid groups (broad SMARTS) is 2. The number of carboxylic acids is 2. The Morgan fingerprint density at radius 1 is 1.23 bits per heavy atom. The number of nitrogens with one attached hydrogen (secondary N) is 2. The standard InChI is InChI=1S/C12H21N3O6S/c1-2-7(22)10(11(19)14-5-9(17)18)15-8(16)4-3-6(13)12(20)21/h6-7,10,22H,2-5,13H2,1H3,(H,14,19)(H,15,16)(H,17,18)(H,20,21). The number of rotatable bonds is 10. The van der Waals surface area contributed by atoms with Crippen molar-refractivity contribution in [3.8, 4) is 0 Å². The lowest BCUT2D eigenvalue weighted by Gasteiger charge is -2.22. The maximum Gasteiger partial charge on any atom is 0.322 e. The molecular weight excluding hydrogens is 314 g/mol. The normalized spacial score (nSPS) is 14.5. The van der Waals surface area contributed by atoms with Gasteiger partial charge in [-0.2, -0.15) is 12.6 Å². The van der Waals surface area contributed by atoms with Gasteiger partial charge in [0.15, 0.2) is 0 Å². The zero-order valence-corrected chi connectivity index (χ0v) is 13.0. The van der Waals surface area contributed by atoms with Crippen LogP contribution in [-0.2, 0) is 19.2 Å². The Labute approximate surface area is 133 Å². The first-order chi connectivity index (χ1) is 10.2. The molecule has 3 atom stereocenters. The Morgan fingerprint density at radius 3 is 2.27 bits per heavy atom. The van der Waals surface area contributed by atoms with Gasteiger partial charge >= 0.3 is 11.9 Å². The number of carbonyl (C=O) groups is 4. The van der Waals surface area contributed by atoms with Crippen LogP contribution in [0.5, 0.6) is 0 Å². The molecule has 0 aliphatic carbocycles. The van der Waals surface area contributed by atoms with Crippen LogP contribution in [0.3, 0.4) is 0 Å². The zero-order valence-electron chi connectivity index (χ0n) is 12.1. The summed E-state index contributed by atoms with van der Waals surface area (Å²) in [5.41, 5.74) is 5.28. The van der Waals surface area contributed by atoms with Crippen molar-refractivity contribution in [1.29, 1.82) is 0 Å². The largest absolute Gasteiger partial charge is 0.480 e. The predicted octanol–water partition coefficient (Wildman–Crippen LogP) is -1.43. The van der Waals surface area contributed by atoms with E-state index in [1.165, 1.54) is 0 Å². The maximum atomic E-state index is 11.9. The van der Waals surface area contributed by atoms with Crippen LogP contribution in [-0.4, -0.2) is 57.8 Å². The number of carbonyl (C=O) groups excluding carboxylic acids is 2.